The molecule has 1 saturated heterocycles. The van der Waals surface area contributed by atoms with Crippen LogP contribution in [0.25, 0.3) is 0 Å². The van der Waals surface area contributed by atoms with Gasteiger partial charge in [0.25, 0.3) is 0 Å². The highest BCUT2D eigenvalue weighted by atomic mass is 16.3. The molecule has 24 heavy (non-hydrogen) atoms. The average molecular weight is 330 g/mol. The smallest absolute Gasteiger partial charge is 0.228 e. The molecule has 7 heteroatoms. The van der Waals surface area contributed by atoms with Gasteiger partial charge in [0, 0.05) is 32.1 Å². The highest BCUT2D eigenvalue weighted by Gasteiger charge is 2.44. The molecule has 0 aliphatic carbocycles. The number of carbonyl (C=O) groups excluding carboxylic acids is 1. The van der Waals surface area contributed by atoms with E-state index in [0.29, 0.717) is 38.4 Å². The SMILES string of the molecule is Cc1ccc(CNC(=O)C2(CCO)CCN(c3ncccn3)C2)o1. The number of aliphatic hydroxyl groups is 1. The first-order chi connectivity index (χ1) is 11.6. The molecule has 7 nitrogen and oxygen atoms in total. The molecule has 0 bridgehead atoms. The predicted octanol–water partition coefficient (Wildman–Crippen LogP) is 1.27. The third-order valence-electron chi connectivity index (χ3n) is 4.48. The Balaban J connectivity index is 1.68. The zero-order valence-electron chi connectivity index (χ0n) is 13.7. The summed E-state index contributed by atoms with van der Waals surface area (Å²) < 4.78 is 5.49. The lowest BCUT2D eigenvalue weighted by Crippen LogP contribution is -2.43. The summed E-state index contributed by atoms with van der Waals surface area (Å²) >= 11 is 0. The number of amides is 1. The second kappa shape index (κ2) is 7.00. The van der Waals surface area contributed by atoms with Crippen LogP contribution in [0.4, 0.5) is 5.95 Å². The Morgan fingerprint density at radius 2 is 2.21 bits per heavy atom. The number of rotatable bonds is 6. The Kier molecular flexibility index (Phi) is 4.80. The fourth-order valence-electron chi connectivity index (χ4n) is 3.15. The molecule has 128 valence electrons. The van der Waals surface area contributed by atoms with Crippen molar-refractivity contribution in [2.45, 2.75) is 26.3 Å². The maximum absolute atomic E-state index is 12.8. The number of hydrogen-bond donors (Lipinski definition) is 2. The van der Waals surface area contributed by atoms with Crippen LogP contribution in [0.2, 0.25) is 0 Å². The molecule has 0 aromatic carbocycles. The van der Waals surface area contributed by atoms with Gasteiger partial charge in [-0.15, -0.1) is 0 Å². The van der Waals surface area contributed by atoms with Gasteiger partial charge in [-0.2, -0.15) is 0 Å². The van der Waals surface area contributed by atoms with E-state index in [1.165, 1.54) is 0 Å². The molecule has 2 aromatic heterocycles. The largest absolute Gasteiger partial charge is 0.465 e. The molecule has 3 rings (SSSR count). The number of furan rings is 1. The van der Waals surface area contributed by atoms with Gasteiger partial charge in [-0.3, -0.25) is 4.79 Å². The normalized spacial score (nSPS) is 20.3. The van der Waals surface area contributed by atoms with E-state index < -0.39 is 5.41 Å². The van der Waals surface area contributed by atoms with E-state index in [1.54, 1.807) is 18.5 Å². The van der Waals surface area contributed by atoms with Crippen LogP contribution in [0.1, 0.15) is 24.4 Å². The van der Waals surface area contributed by atoms with Crippen LogP contribution in [0.3, 0.4) is 0 Å². The number of anilines is 1. The summed E-state index contributed by atoms with van der Waals surface area (Å²) in [4.78, 5) is 23.3. The van der Waals surface area contributed by atoms with E-state index in [-0.39, 0.29) is 12.5 Å². The van der Waals surface area contributed by atoms with Gasteiger partial charge in [0.05, 0.1) is 12.0 Å². The topological polar surface area (TPSA) is 91.5 Å². The maximum Gasteiger partial charge on any atom is 0.228 e. The molecule has 0 saturated carbocycles. The molecule has 3 heterocycles. The fourth-order valence-corrected chi connectivity index (χ4v) is 3.15. The van der Waals surface area contributed by atoms with E-state index in [1.807, 2.05) is 24.0 Å². The van der Waals surface area contributed by atoms with Crippen molar-refractivity contribution in [3.63, 3.8) is 0 Å². The van der Waals surface area contributed by atoms with Crippen molar-refractivity contribution in [1.82, 2.24) is 15.3 Å². The molecule has 0 spiro atoms. The van der Waals surface area contributed by atoms with Crippen molar-refractivity contribution in [2.24, 2.45) is 5.41 Å². The number of aliphatic hydroxyl groups excluding tert-OH is 1. The second-order valence-electron chi connectivity index (χ2n) is 6.17. The summed E-state index contributed by atoms with van der Waals surface area (Å²) in [6, 6.07) is 5.49. The molecule has 1 aliphatic rings. The zero-order chi connectivity index (χ0) is 17.0. The summed E-state index contributed by atoms with van der Waals surface area (Å²) in [7, 11) is 0. The minimum atomic E-state index is -0.629. The Labute approximate surface area is 140 Å². The van der Waals surface area contributed by atoms with Crippen LogP contribution < -0.4 is 10.2 Å². The highest BCUT2D eigenvalue weighted by Crippen LogP contribution is 2.35. The van der Waals surface area contributed by atoms with Gasteiger partial charge in [0.15, 0.2) is 0 Å². The predicted molar refractivity (Wildman–Crippen MR) is 88.3 cm³/mol. The van der Waals surface area contributed by atoms with Crippen LogP contribution in [0, 0.1) is 12.3 Å². The summed E-state index contributed by atoms with van der Waals surface area (Å²) in [5.41, 5.74) is -0.629. The van der Waals surface area contributed by atoms with Crippen molar-refractivity contribution >= 4 is 11.9 Å². The van der Waals surface area contributed by atoms with Crippen LogP contribution in [0.15, 0.2) is 35.0 Å². The van der Waals surface area contributed by atoms with E-state index in [9.17, 15) is 9.90 Å². The molecular weight excluding hydrogens is 308 g/mol. The first kappa shape index (κ1) is 16.4. The monoisotopic (exact) mass is 330 g/mol. The summed E-state index contributed by atoms with van der Waals surface area (Å²) in [6.45, 7) is 3.38. The molecular formula is C17H22N4O3. The third kappa shape index (κ3) is 3.41. The van der Waals surface area contributed by atoms with E-state index in [4.69, 9.17) is 4.42 Å². The quantitative estimate of drug-likeness (QED) is 0.829. The van der Waals surface area contributed by atoms with E-state index in [0.717, 1.165) is 11.5 Å². The van der Waals surface area contributed by atoms with Crippen LogP contribution in [-0.2, 0) is 11.3 Å². The van der Waals surface area contributed by atoms with Crippen LogP contribution in [-0.4, -0.2) is 40.7 Å². The minimum Gasteiger partial charge on any atom is -0.465 e. The lowest BCUT2D eigenvalue weighted by molar-refractivity contribution is -0.131. The van der Waals surface area contributed by atoms with Gasteiger partial charge in [-0.25, -0.2) is 9.97 Å². The molecule has 2 N–H and O–H groups in total. The molecule has 2 aromatic rings. The van der Waals surface area contributed by atoms with Gasteiger partial charge in [0.1, 0.15) is 11.5 Å². The molecule has 1 unspecified atom stereocenters. The Bertz CT molecular complexity index is 688. The van der Waals surface area contributed by atoms with Crippen molar-refractivity contribution < 1.29 is 14.3 Å². The standard InChI is InChI=1S/C17H22N4O3/c1-13-3-4-14(24-13)11-20-15(23)17(6-10-22)5-9-21(12-17)16-18-7-2-8-19-16/h2-4,7-8,22H,5-6,9-12H2,1H3,(H,20,23). The fraction of sp³-hybridized carbons (Fsp3) is 0.471. The minimum absolute atomic E-state index is 0.0310. The van der Waals surface area contributed by atoms with Crippen molar-refractivity contribution in [2.75, 3.05) is 24.6 Å². The Hall–Kier alpha value is -2.41. The van der Waals surface area contributed by atoms with Gasteiger partial charge < -0.3 is 19.7 Å². The summed E-state index contributed by atoms with van der Waals surface area (Å²) in [5.74, 6) is 2.09. The first-order valence-corrected chi connectivity index (χ1v) is 8.09. The Morgan fingerprint density at radius 1 is 1.42 bits per heavy atom. The Morgan fingerprint density at radius 3 is 2.88 bits per heavy atom. The summed E-state index contributed by atoms with van der Waals surface area (Å²) in [6.07, 6.45) is 4.45. The average Bonchev–Trinajstić information content (AvgIpc) is 3.21. The number of nitrogens with zero attached hydrogens (tertiary/aromatic N) is 3. The van der Waals surface area contributed by atoms with Gasteiger partial charge in [-0.1, -0.05) is 0 Å². The lowest BCUT2D eigenvalue weighted by atomic mass is 9.82. The van der Waals surface area contributed by atoms with E-state index >= 15 is 0 Å². The highest BCUT2D eigenvalue weighted by molar-refractivity contribution is 5.84. The first-order valence-electron chi connectivity index (χ1n) is 8.09. The van der Waals surface area contributed by atoms with Crippen molar-refractivity contribution in [3.8, 4) is 0 Å². The number of carbonyl (C=O) groups is 1. The molecule has 1 fully saturated rings. The molecule has 0 radical (unpaired) electrons. The number of aromatic nitrogens is 2. The van der Waals surface area contributed by atoms with Crippen molar-refractivity contribution in [3.05, 3.63) is 42.1 Å². The third-order valence-corrected chi connectivity index (χ3v) is 4.48. The molecule has 1 aliphatic heterocycles. The van der Waals surface area contributed by atoms with Crippen LogP contribution >= 0.6 is 0 Å². The molecule has 1 atom stereocenters. The second-order valence-corrected chi connectivity index (χ2v) is 6.17. The molecule has 1 amide bonds. The zero-order valence-corrected chi connectivity index (χ0v) is 13.7. The lowest BCUT2D eigenvalue weighted by Gasteiger charge is -2.27. The van der Waals surface area contributed by atoms with Gasteiger partial charge in [0.2, 0.25) is 11.9 Å². The van der Waals surface area contributed by atoms with Crippen molar-refractivity contribution in [1.29, 1.82) is 0 Å². The maximum atomic E-state index is 12.8. The van der Waals surface area contributed by atoms with Gasteiger partial charge in [-0.05, 0) is 38.0 Å². The number of hydrogen-bond acceptors (Lipinski definition) is 6. The van der Waals surface area contributed by atoms with E-state index in [2.05, 4.69) is 15.3 Å². The number of aryl methyl sites for hydroxylation is 1. The van der Waals surface area contributed by atoms with Gasteiger partial charge >= 0.3 is 0 Å². The van der Waals surface area contributed by atoms with Crippen LogP contribution in [0.5, 0.6) is 0 Å². The summed E-state index contributed by atoms with van der Waals surface area (Å²) in [5, 5.41) is 12.4. The number of nitrogens with one attached hydrogen (secondary N) is 1.